The monoisotopic (exact) mass is 323 g/mol. The summed E-state index contributed by atoms with van der Waals surface area (Å²) in [5.74, 6) is 0.00429. The highest BCUT2D eigenvalue weighted by atomic mass is 35.5. The Morgan fingerprint density at radius 2 is 2.18 bits per heavy atom. The van der Waals surface area contributed by atoms with Crippen LogP contribution < -0.4 is 0 Å². The second kappa shape index (κ2) is 8.27. The number of aliphatic hydroxyl groups excluding tert-OH is 1. The van der Waals surface area contributed by atoms with Gasteiger partial charge < -0.3 is 10.0 Å². The predicted octanol–water partition coefficient (Wildman–Crippen LogP) is 1.66. The third-order valence-corrected chi connectivity index (χ3v) is 4.20. The van der Waals surface area contributed by atoms with Crippen molar-refractivity contribution >= 4 is 23.6 Å². The summed E-state index contributed by atoms with van der Waals surface area (Å²) in [6, 6.07) is 3.73. The van der Waals surface area contributed by atoms with Gasteiger partial charge in [-0.3, -0.25) is 9.69 Å². The van der Waals surface area contributed by atoms with E-state index in [0.717, 1.165) is 25.1 Å². The number of amides is 1. The Bertz CT molecular complexity index is 524. The number of piperazine rings is 1. The molecule has 0 spiro atoms. The SMILES string of the molecule is CCC(CO)N1CCN(C(=O)/C=C/c2ccnc(Cl)c2)CC1. The number of halogens is 1. The topological polar surface area (TPSA) is 56.7 Å². The summed E-state index contributed by atoms with van der Waals surface area (Å²) >= 11 is 5.82. The Hall–Kier alpha value is -1.43. The van der Waals surface area contributed by atoms with E-state index in [1.807, 2.05) is 4.90 Å². The summed E-state index contributed by atoms with van der Waals surface area (Å²) in [7, 11) is 0. The Kier molecular flexibility index (Phi) is 6.36. The number of nitrogens with zero attached hydrogens (tertiary/aromatic N) is 3. The van der Waals surface area contributed by atoms with Gasteiger partial charge in [-0.1, -0.05) is 18.5 Å². The maximum Gasteiger partial charge on any atom is 0.246 e. The Labute approximate surface area is 136 Å². The van der Waals surface area contributed by atoms with Gasteiger partial charge in [-0.2, -0.15) is 0 Å². The van der Waals surface area contributed by atoms with Crippen molar-refractivity contribution in [3.8, 4) is 0 Å². The fourth-order valence-corrected chi connectivity index (χ4v) is 2.79. The smallest absolute Gasteiger partial charge is 0.246 e. The molecule has 0 bridgehead atoms. The van der Waals surface area contributed by atoms with Gasteiger partial charge >= 0.3 is 0 Å². The van der Waals surface area contributed by atoms with Crippen LogP contribution >= 0.6 is 11.6 Å². The second-order valence-corrected chi connectivity index (χ2v) is 5.74. The molecule has 1 atom stereocenters. The number of aromatic nitrogens is 1. The number of rotatable bonds is 5. The molecule has 2 heterocycles. The van der Waals surface area contributed by atoms with Crippen LogP contribution in [0, 0.1) is 0 Å². The lowest BCUT2D eigenvalue weighted by Crippen LogP contribution is -2.52. The minimum absolute atomic E-state index is 0.00429. The van der Waals surface area contributed by atoms with Crippen LogP contribution in [0.2, 0.25) is 5.15 Å². The standard InChI is InChI=1S/C16H22ClN3O2/c1-2-14(12-21)19-7-9-20(10-8-19)16(22)4-3-13-5-6-18-15(17)11-13/h3-6,11,14,21H,2,7-10,12H2,1H3/b4-3+. The van der Waals surface area contributed by atoms with Crippen LogP contribution in [0.15, 0.2) is 24.4 Å². The first kappa shape index (κ1) is 16.9. The van der Waals surface area contributed by atoms with Gasteiger partial charge in [-0.15, -0.1) is 0 Å². The second-order valence-electron chi connectivity index (χ2n) is 5.35. The van der Waals surface area contributed by atoms with Crippen molar-refractivity contribution in [2.75, 3.05) is 32.8 Å². The Morgan fingerprint density at radius 3 is 2.77 bits per heavy atom. The van der Waals surface area contributed by atoms with Crippen LogP contribution in [0.1, 0.15) is 18.9 Å². The highest BCUT2D eigenvalue weighted by Gasteiger charge is 2.23. The normalized spacial score (nSPS) is 17.9. The van der Waals surface area contributed by atoms with Crippen LogP contribution in [-0.4, -0.2) is 64.6 Å². The highest BCUT2D eigenvalue weighted by Crippen LogP contribution is 2.11. The third kappa shape index (κ3) is 4.53. The summed E-state index contributed by atoms with van der Waals surface area (Å²) < 4.78 is 0. The molecule has 1 aromatic rings. The minimum atomic E-state index is 0.00429. The largest absolute Gasteiger partial charge is 0.395 e. The lowest BCUT2D eigenvalue weighted by Gasteiger charge is -2.38. The number of hydrogen-bond donors (Lipinski definition) is 1. The van der Waals surface area contributed by atoms with E-state index in [1.165, 1.54) is 0 Å². The predicted molar refractivity (Wildman–Crippen MR) is 87.6 cm³/mol. The lowest BCUT2D eigenvalue weighted by atomic mass is 10.1. The fraction of sp³-hybridized carbons (Fsp3) is 0.500. The first-order valence-electron chi connectivity index (χ1n) is 7.57. The van der Waals surface area contributed by atoms with Crippen LogP contribution in [-0.2, 0) is 4.79 Å². The fourth-order valence-electron chi connectivity index (χ4n) is 2.60. The number of pyridine rings is 1. The van der Waals surface area contributed by atoms with Gasteiger partial charge in [-0.25, -0.2) is 4.98 Å². The van der Waals surface area contributed by atoms with Gasteiger partial charge in [-0.05, 0) is 30.2 Å². The zero-order valence-corrected chi connectivity index (χ0v) is 13.5. The maximum absolute atomic E-state index is 12.2. The summed E-state index contributed by atoms with van der Waals surface area (Å²) in [5.41, 5.74) is 0.860. The molecule has 22 heavy (non-hydrogen) atoms. The van der Waals surface area contributed by atoms with E-state index >= 15 is 0 Å². The summed E-state index contributed by atoms with van der Waals surface area (Å²) in [6.07, 6.45) is 5.87. The number of aliphatic hydroxyl groups is 1. The molecule has 0 radical (unpaired) electrons. The van der Waals surface area contributed by atoms with E-state index in [-0.39, 0.29) is 18.6 Å². The lowest BCUT2D eigenvalue weighted by molar-refractivity contribution is -0.128. The minimum Gasteiger partial charge on any atom is -0.395 e. The van der Waals surface area contributed by atoms with E-state index in [1.54, 1.807) is 30.5 Å². The molecular weight excluding hydrogens is 302 g/mol. The average molecular weight is 324 g/mol. The molecule has 1 saturated heterocycles. The Morgan fingerprint density at radius 1 is 1.45 bits per heavy atom. The van der Waals surface area contributed by atoms with Gasteiger partial charge in [0.2, 0.25) is 5.91 Å². The van der Waals surface area contributed by atoms with Crippen LogP contribution in [0.3, 0.4) is 0 Å². The van der Waals surface area contributed by atoms with Crippen molar-refractivity contribution in [1.29, 1.82) is 0 Å². The summed E-state index contributed by atoms with van der Waals surface area (Å²) in [5, 5.41) is 9.75. The molecule has 6 heteroatoms. The zero-order chi connectivity index (χ0) is 15.9. The first-order valence-corrected chi connectivity index (χ1v) is 7.95. The van der Waals surface area contributed by atoms with Crippen molar-refractivity contribution in [1.82, 2.24) is 14.8 Å². The third-order valence-electron chi connectivity index (χ3n) is 3.99. The molecule has 120 valence electrons. The molecule has 0 aromatic carbocycles. The van der Waals surface area contributed by atoms with Gasteiger partial charge in [0.05, 0.1) is 6.61 Å². The zero-order valence-electron chi connectivity index (χ0n) is 12.8. The van der Waals surface area contributed by atoms with Gasteiger partial charge in [0.25, 0.3) is 0 Å². The van der Waals surface area contributed by atoms with E-state index in [9.17, 15) is 9.90 Å². The molecule has 5 nitrogen and oxygen atoms in total. The molecule has 1 aliphatic heterocycles. The van der Waals surface area contributed by atoms with Crippen molar-refractivity contribution in [2.24, 2.45) is 0 Å². The molecule has 1 aromatic heterocycles. The number of carbonyl (C=O) groups excluding carboxylic acids is 1. The summed E-state index contributed by atoms with van der Waals surface area (Å²) in [4.78, 5) is 20.2. The summed E-state index contributed by atoms with van der Waals surface area (Å²) in [6.45, 7) is 5.24. The molecule has 1 amide bonds. The van der Waals surface area contributed by atoms with Crippen molar-refractivity contribution in [2.45, 2.75) is 19.4 Å². The molecule has 0 saturated carbocycles. The van der Waals surface area contributed by atoms with Crippen LogP contribution in [0.25, 0.3) is 6.08 Å². The van der Waals surface area contributed by atoms with Crippen LogP contribution in [0.5, 0.6) is 0 Å². The van der Waals surface area contributed by atoms with Crippen molar-refractivity contribution < 1.29 is 9.90 Å². The van der Waals surface area contributed by atoms with E-state index in [4.69, 9.17) is 11.6 Å². The van der Waals surface area contributed by atoms with Crippen molar-refractivity contribution in [3.05, 3.63) is 35.1 Å². The molecule has 1 fully saturated rings. The van der Waals surface area contributed by atoms with E-state index in [0.29, 0.717) is 18.2 Å². The highest BCUT2D eigenvalue weighted by molar-refractivity contribution is 6.29. The molecule has 1 unspecified atom stereocenters. The van der Waals surface area contributed by atoms with Crippen LogP contribution in [0.4, 0.5) is 0 Å². The Balaban J connectivity index is 1.87. The average Bonchev–Trinajstić information content (AvgIpc) is 2.54. The molecular formula is C16H22ClN3O2. The number of carbonyl (C=O) groups is 1. The van der Waals surface area contributed by atoms with E-state index in [2.05, 4.69) is 16.8 Å². The van der Waals surface area contributed by atoms with Gasteiger partial charge in [0.1, 0.15) is 5.15 Å². The number of hydrogen-bond acceptors (Lipinski definition) is 4. The molecule has 1 N–H and O–H groups in total. The van der Waals surface area contributed by atoms with E-state index < -0.39 is 0 Å². The van der Waals surface area contributed by atoms with Gasteiger partial charge in [0, 0.05) is 44.5 Å². The maximum atomic E-state index is 12.2. The van der Waals surface area contributed by atoms with Gasteiger partial charge in [0.15, 0.2) is 0 Å². The quantitative estimate of drug-likeness (QED) is 0.661. The van der Waals surface area contributed by atoms with Crippen molar-refractivity contribution in [3.63, 3.8) is 0 Å². The first-order chi connectivity index (χ1) is 10.6. The molecule has 0 aliphatic carbocycles. The molecule has 2 rings (SSSR count). The molecule has 1 aliphatic rings.